The zero-order valence-electron chi connectivity index (χ0n) is 11.2. The predicted octanol–water partition coefficient (Wildman–Crippen LogP) is 4.53. The maximum Gasteiger partial charge on any atom is 0.326 e. The molecule has 1 nitrogen and oxygen atoms in total. The first-order chi connectivity index (χ1) is 9.89. The lowest BCUT2D eigenvalue weighted by molar-refractivity contribution is -0.151. The molecule has 1 atom stereocenters. The van der Waals surface area contributed by atoms with E-state index in [1.807, 2.05) is 0 Å². The monoisotopic (exact) mass is 303 g/mol. The van der Waals surface area contributed by atoms with Crippen molar-refractivity contribution < 1.29 is 22.0 Å². The molecule has 0 bridgehead atoms. The van der Waals surface area contributed by atoms with Gasteiger partial charge in [0.1, 0.15) is 11.9 Å². The number of rotatable bonds is 5. The highest BCUT2D eigenvalue weighted by molar-refractivity contribution is 5.86. The third kappa shape index (κ3) is 2.85. The molecule has 1 unspecified atom stereocenters. The summed E-state index contributed by atoms with van der Waals surface area (Å²) in [5, 5.41) is 2.71. The minimum Gasteiger partial charge on any atom is -0.305 e. The summed E-state index contributed by atoms with van der Waals surface area (Å²) < 4.78 is 66.7. The standard InChI is InChI=1S/C15H14F5N/c1-2-21-13(15(19,20)14(17)18)11-7-8-12(16)10-6-4-3-5-9(10)11/h3-8,13-14,21H,2H2,1H3. The molecule has 0 saturated heterocycles. The molecular formula is C15H14F5N. The molecule has 0 aromatic heterocycles. The second-order valence-electron chi connectivity index (χ2n) is 4.65. The third-order valence-corrected chi connectivity index (χ3v) is 3.30. The largest absolute Gasteiger partial charge is 0.326 e. The van der Waals surface area contributed by atoms with Crippen molar-refractivity contribution in [1.29, 1.82) is 0 Å². The van der Waals surface area contributed by atoms with Crippen LogP contribution in [0.15, 0.2) is 36.4 Å². The smallest absolute Gasteiger partial charge is 0.305 e. The zero-order valence-corrected chi connectivity index (χ0v) is 11.2. The molecule has 0 aliphatic heterocycles. The molecule has 0 radical (unpaired) electrons. The van der Waals surface area contributed by atoms with Crippen molar-refractivity contribution >= 4 is 10.8 Å². The number of hydrogen-bond donors (Lipinski definition) is 1. The second-order valence-corrected chi connectivity index (χ2v) is 4.65. The molecule has 0 amide bonds. The van der Waals surface area contributed by atoms with E-state index in [0.717, 1.165) is 12.1 Å². The van der Waals surface area contributed by atoms with Crippen molar-refractivity contribution in [2.45, 2.75) is 25.3 Å². The maximum atomic E-state index is 13.8. The van der Waals surface area contributed by atoms with Gasteiger partial charge in [0.2, 0.25) is 0 Å². The van der Waals surface area contributed by atoms with Crippen LogP contribution in [0.5, 0.6) is 0 Å². The van der Waals surface area contributed by atoms with E-state index in [9.17, 15) is 22.0 Å². The van der Waals surface area contributed by atoms with Crippen LogP contribution < -0.4 is 5.32 Å². The second kappa shape index (κ2) is 5.97. The molecule has 0 fully saturated rings. The Morgan fingerprint density at radius 3 is 2.24 bits per heavy atom. The van der Waals surface area contributed by atoms with Crippen LogP contribution in [0.4, 0.5) is 22.0 Å². The van der Waals surface area contributed by atoms with Crippen LogP contribution in [0.25, 0.3) is 10.8 Å². The first kappa shape index (κ1) is 15.7. The molecule has 0 saturated carbocycles. The number of benzene rings is 2. The van der Waals surface area contributed by atoms with Crippen molar-refractivity contribution in [3.63, 3.8) is 0 Å². The van der Waals surface area contributed by atoms with Crippen LogP contribution in [-0.4, -0.2) is 18.9 Å². The van der Waals surface area contributed by atoms with E-state index >= 15 is 0 Å². The summed E-state index contributed by atoms with van der Waals surface area (Å²) in [6.45, 7) is 1.62. The van der Waals surface area contributed by atoms with Crippen LogP contribution in [0.1, 0.15) is 18.5 Å². The third-order valence-electron chi connectivity index (χ3n) is 3.30. The molecule has 21 heavy (non-hydrogen) atoms. The van der Waals surface area contributed by atoms with E-state index in [2.05, 4.69) is 5.32 Å². The lowest BCUT2D eigenvalue weighted by atomic mass is 9.94. The van der Waals surface area contributed by atoms with E-state index < -0.39 is 24.2 Å². The predicted molar refractivity (Wildman–Crippen MR) is 71.3 cm³/mol. The zero-order chi connectivity index (χ0) is 15.6. The average Bonchev–Trinajstić information content (AvgIpc) is 2.46. The van der Waals surface area contributed by atoms with Gasteiger partial charge in [0.15, 0.2) is 0 Å². The van der Waals surface area contributed by atoms with Crippen molar-refractivity contribution in [2.24, 2.45) is 0 Å². The molecule has 2 aromatic carbocycles. The minimum absolute atomic E-state index is 0.0425. The molecule has 0 spiro atoms. The summed E-state index contributed by atoms with van der Waals surface area (Å²) in [5.74, 6) is -4.83. The summed E-state index contributed by atoms with van der Waals surface area (Å²) in [7, 11) is 0. The van der Waals surface area contributed by atoms with Gasteiger partial charge in [-0.25, -0.2) is 13.2 Å². The fraction of sp³-hybridized carbons (Fsp3) is 0.333. The molecular weight excluding hydrogens is 289 g/mol. The van der Waals surface area contributed by atoms with E-state index in [-0.39, 0.29) is 22.9 Å². The van der Waals surface area contributed by atoms with Crippen molar-refractivity contribution in [1.82, 2.24) is 5.32 Å². The van der Waals surface area contributed by atoms with Crippen LogP contribution in [0.2, 0.25) is 0 Å². The SMILES string of the molecule is CCNC(c1ccc(F)c2ccccc12)C(F)(F)C(F)F. The van der Waals surface area contributed by atoms with Gasteiger partial charge in [0.25, 0.3) is 0 Å². The van der Waals surface area contributed by atoms with Crippen LogP contribution in [0.3, 0.4) is 0 Å². The number of fused-ring (bicyclic) bond motifs is 1. The highest BCUT2D eigenvalue weighted by Gasteiger charge is 2.49. The van der Waals surface area contributed by atoms with Gasteiger partial charge in [-0.05, 0) is 23.6 Å². The lowest BCUT2D eigenvalue weighted by Gasteiger charge is -2.28. The van der Waals surface area contributed by atoms with Gasteiger partial charge in [-0.15, -0.1) is 0 Å². The Hall–Kier alpha value is -1.69. The summed E-state index contributed by atoms with van der Waals surface area (Å²) in [6.07, 6.45) is -3.81. The molecule has 2 rings (SSSR count). The maximum absolute atomic E-state index is 13.8. The summed E-state index contributed by atoms with van der Waals surface area (Å²) >= 11 is 0. The first-order valence-electron chi connectivity index (χ1n) is 6.46. The Bertz CT molecular complexity index is 626. The van der Waals surface area contributed by atoms with Crippen molar-refractivity contribution in [3.8, 4) is 0 Å². The Morgan fingerprint density at radius 1 is 1.05 bits per heavy atom. The Balaban J connectivity index is 2.64. The van der Waals surface area contributed by atoms with Gasteiger partial charge < -0.3 is 5.32 Å². The van der Waals surface area contributed by atoms with Crippen LogP contribution in [0, 0.1) is 5.82 Å². The van der Waals surface area contributed by atoms with Crippen molar-refractivity contribution in [2.75, 3.05) is 6.54 Å². The summed E-state index contributed by atoms with van der Waals surface area (Å²) in [4.78, 5) is 0. The molecule has 114 valence electrons. The van der Waals surface area contributed by atoms with Gasteiger partial charge in [0.05, 0.1) is 0 Å². The van der Waals surface area contributed by atoms with Gasteiger partial charge >= 0.3 is 12.3 Å². The molecule has 0 aliphatic rings. The van der Waals surface area contributed by atoms with Crippen LogP contribution in [-0.2, 0) is 0 Å². The number of halogens is 5. The van der Waals surface area contributed by atoms with Crippen molar-refractivity contribution in [3.05, 3.63) is 47.8 Å². The topological polar surface area (TPSA) is 12.0 Å². The number of nitrogens with one attached hydrogen (secondary N) is 1. The van der Waals surface area contributed by atoms with Crippen LogP contribution >= 0.6 is 0 Å². The fourth-order valence-corrected chi connectivity index (χ4v) is 2.32. The van der Waals surface area contributed by atoms with E-state index in [1.165, 1.54) is 12.1 Å². The van der Waals surface area contributed by atoms with E-state index in [4.69, 9.17) is 0 Å². The molecule has 2 aromatic rings. The Morgan fingerprint density at radius 2 is 1.67 bits per heavy atom. The van der Waals surface area contributed by atoms with E-state index in [1.54, 1.807) is 19.1 Å². The number of alkyl halides is 4. The van der Waals surface area contributed by atoms with Gasteiger partial charge in [0, 0.05) is 5.39 Å². The van der Waals surface area contributed by atoms with Gasteiger partial charge in [-0.3, -0.25) is 0 Å². The average molecular weight is 303 g/mol. The fourth-order valence-electron chi connectivity index (χ4n) is 2.32. The molecule has 6 heteroatoms. The minimum atomic E-state index is -4.25. The number of hydrogen-bond acceptors (Lipinski definition) is 1. The van der Waals surface area contributed by atoms with E-state index in [0.29, 0.717) is 0 Å². The highest BCUT2D eigenvalue weighted by atomic mass is 19.3. The normalized spacial score (nSPS) is 13.9. The molecule has 0 heterocycles. The molecule has 1 N–H and O–H groups in total. The Kier molecular flexibility index (Phi) is 4.46. The highest BCUT2D eigenvalue weighted by Crippen LogP contribution is 2.39. The van der Waals surface area contributed by atoms with Gasteiger partial charge in [-0.1, -0.05) is 37.3 Å². The Labute approximate surface area is 118 Å². The summed E-state index contributed by atoms with van der Waals surface area (Å²) in [5.41, 5.74) is -0.0425. The quantitative estimate of drug-likeness (QED) is 0.800. The lowest BCUT2D eigenvalue weighted by Crippen LogP contribution is -2.42. The molecule has 0 aliphatic carbocycles. The first-order valence-corrected chi connectivity index (χ1v) is 6.46. The summed E-state index contributed by atoms with van der Waals surface area (Å²) in [6, 6.07) is 6.24. The van der Waals surface area contributed by atoms with Gasteiger partial charge in [-0.2, -0.15) is 8.78 Å².